The SMILES string of the molecule is N#CCc1ccc(NC(=O)COC(=O)CCc2cccs2)cc1. The topological polar surface area (TPSA) is 79.2 Å². The Morgan fingerprint density at radius 2 is 2.00 bits per heavy atom. The van der Waals surface area contributed by atoms with E-state index in [1.165, 1.54) is 0 Å². The highest BCUT2D eigenvalue weighted by atomic mass is 32.1. The first kappa shape index (κ1) is 16.7. The fraction of sp³-hybridized carbons (Fsp3) is 0.235. The standard InChI is InChI=1S/C17H16N2O3S/c18-10-9-13-3-5-14(6-4-13)19-16(20)12-22-17(21)8-7-15-2-1-11-23-15/h1-6,11H,7-9,12H2,(H,19,20). The van der Waals surface area contributed by atoms with Crippen LogP contribution in [0.25, 0.3) is 0 Å². The molecule has 1 N–H and O–H groups in total. The Balaban J connectivity index is 1.70. The second-order valence-corrected chi connectivity index (χ2v) is 5.85. The molecule has 1 heterocycles. The van der Waals surface area contributed by atoms with Gasteiger partial charge in [0.15, 0.2) is 6.61 Å². The molecule has 6 heteroatoms. The third-order valence-corrected chi connectivity index (χ3v) is 3.98. The van der Waals surface area contributed by atoms with Crippen molar-refractivity contribution in [2.75, 3.05) is 11.9 Å². The highest BCUT2D eigenvalue weighted by Crippen LogP contribution is 2.12. The Bertz CT molecular complexity index is 688. The summed E-state index contributed by atoms with van der Waals surface area (Å²) in [6, 6.07) is 12.9. The number of anilines is 1. The van der Waals surface area contributed by atoms with E-state index in [9.17, 15) is 9.59 Å². The predicted octanol–water partition coefficient (Wildman–Crippen LogP) is 2.93. The van der Waals surface area contributed by atoms with Crippen LogP contribution >= 0.6 is 11.3 Å². The molecule has 2 aromatic rings. The summed E-state index contributed by atoms with van der Waals surface area (Å²) in [4.78, 5) is 24.4. The van der Waals surface area contributed by atoms with Crippen LogP contribution in [0.15, 0.2) is 41.8 Å². The average Bonchev–Trinajstić information content (AvgIpc) is 3.06. The number of benzene rings is 1. The molecule has 2 rings (SSSR count). The van der Waals surface area contributed by atoms with Gasteiger partial charge in [0, 0.05) is 10.6 Å². The number of aryl methyl sites for hydroxylation is 1. The molecule has 0 aliphatic heterocycles. The number of thiophene rings is 1. The second-order valence-electron chi connectivity index (χ2n) is 4.82. The smallest absolute Gasteiger partial charge is 0.306 e. The van der Waals surface area contributed by atoms with Crippen LogP contribution in [0.5, 0.6) is 0 Å². The first-order chi connectivity index (χ1) is 11.2. The Morgan fingerprint density at radius 1 is 1.22 bits per heavy atom. The molecule has 0 atom stereocenters. The molecule has 0 bridgehead atoms. The number of ether oxygens (including phenoxy) is 1. The molecule has 23 heavy (non-hydrogen) atoms. The van der Waals surface area contributed by atoms with Gasteiger partial charge in [0.2, 0.25) is 0 Å². The number of esters is 1. The number of hydrogen-bond acceptors (Lipinski definition) is 5. The monoisotopic (exact) mass is 328 g/mol. The van der Waals surface area contributed by atoms with E-state index in [1.54, 1.807) is 35.6 Å². The fourth-order valence-corrected chi connectivity index (χ4v) is 2.60. The second kappa shape index (κ2) is 8.71. The highest BCUT2D eigenvalue weighted by Gasteiger charge is 2.08. The number of nitriles is 1. The minimum absolute atomic E-state index is 0.261. The van der Waals surface area contributed by atoms with E-state index in [2.05, 4.69) is 11.4 Å². The fourth-order valence-electron chi connectivity index (χ4n) is 1.89. The number of hydrogen-bond donors (Lipinski definition) is 1. The van der Waals surface area contributed by atoms with Crippen LogP contribution in [0.3, 0.4) is 0 Å². The van der Waals surface area contributed by atoms with Gasteiger partial charge >= 0.3 is 5.97 Å². The Labute approximate surface area is 138 Å². The molecule has 0 aliphatic carbocycles. The van der Waals surface area contributed by atoms with E-state index in [0.29, 0.717) is 18.5 Å². The van der Waals surface area contributed by atoms with Gasteiger partial charge < -0.3 is 10.1 Å². The molecule has 1 aromatic carbocycles. The van der Waals surface area contributed by atoms with Gasteiger partial charge in [-0.25, -0.2) is 0 Å². The minimum Gasteiger partial charge on any atom is -0.456 e. The number of rotatable bonds is 7. The van der Waals surface area contributed by atoms with Gasteiger partial charge in [-0.05, 0) is 35.6 Å². The maximum Gasteiger partial charge on any atom is 0.306 e. The van der Waals surface area contributed by atoms with Crippen LogP contribution in [0.2, 0.25) is 0 Å². The van der Waals surface area contributed by atoms with E-state index < -0.39 is 5.97 Å². The number of amides is 1. The van der Waals surface area contributed by atoms with Crippen molar-refractivity contribution in [2.24, 2.45) is 0 Å². The summed E-state index contributed by atoms with van der Waals surface area (Å²) in [5, 5.41) is 13.2. The maximum absolute atomic E-state index is 11.7. The number of carbonyl (C=O) groups excluding carboxylic acids is 2. The van der Waals surface area contributed by atoms with Crippen LogP contribution in [0, 0.1) is 11.3 Å². The van der Waals surface area contributed by atoms with Crippen molar-refractivity contribution in [3.63, 3.8) is 0 Å². The zero-order valence-electron chi connectivity index (χ0n) is 12.5. The zero-order chi connectivity index (χ0) is 16.5. The molecule has 0 fully saturated rings. The Kier molecular flexibility index (Phi) is 6.33. The highest BCUT2D eigenvalue weighted by molar-refractivity contribution is 7.09. The van der Waals surface area contributed by atoms with Gasteiger partial charge in [-0.1, -0.05) is 18.2 Å². The largest absolute Gasteiger partial charge is 0.456 e. The molecule has 0 saturated heterocycles. The van der Waals surface area contributed by atoms with Gasteiger partial charge in [0.1, 0.15) is 0 Å². The van der Waals surface area contributed by atoms with Crippen molar-refractivity contribution in [2.45, 2.75) is 19.3 Å². The van der Waals surface area contributed by atoms with Crippen molar-refractivity contribution in [1.29, 1.82) is 5.26 Å². The molecular weight excluding hydrogens is 312 g/mol. The molecule has 5 nitrogen and oxygen atoms in total. The lowest BCUT2D eigenvalue weighted by Gasteiger charge is -2.07. The van der Waals surface area contributed by atoms with E-state index >= 15 is 0 Å². The first-order valence-corrected chi connectivity index (χ1v) is 7.99. The molecule has 118 valence electrons. The lowest BCUT2D eigenvalue weighted by atomic mass is 10.1. The van der Waals surface area contributed by atoms with Crippen LogP contribution in [-0.2, 0) is 27.2 Å². The van der Waals surface area contributed by atoms with Gasteiger partial charge in [-0.3, -0.25) is 9.59 Å². The van der Waals surface area contributed by atoms with E-state index in [-0.39, 0.29) is 18.9 Å². The normalized spacial score (nSPS) is 9.87. The third kappa shape index (κ3) is 5.93. The third-order valence-electron chi connectivity index (χ3n) is 3.04. The number of nitrogens with zero attached hydrogens (tertiary/aromatic N) is 1. The van der Waals surface area contributed by atoms with Crippen LogP contribution in [-0.4, -0.2) is 18.5 Å². The quantitative estimate of drug-likeness (QED) is 0.793. The summed E-state index contributed by atoms with van der Waals surface area (Å²) in [6.07, 6.45) is 1.21. The summed E-state index contributed by atoms with van der Waals surface area (Å²) in [5.41, 5.74) is 1.48. The Hall–Kier alpha value is -2.65. The molecular formula is C17H16N2O3S. The van der Waals surface area contributed by atoms with Crippen molar-refractivity contribution in [3.8, 4) is 6.07 Å². The molecule has 0 unspecified atom stereocenters. The first-order valence-electron chi connectivity index (χ1n) is 7.11. The Morgan fingerprint density at radius 3 is 2.65 bits per heavy atom. The lowest BCUT2D eigenvalue weighted by molar-refractivity contribution is -0.147. The van der Waals surface area contributed by atoms with Crippen molar-refractivity contribution in [1.82, 2.24) is 0 Å². The van der Waals surface area contributed by atoms with Crippen LogP contribution in [0.4, 0.5) is 5.69 Å². The molecule has 1 aromatic heterocycles. The minimum atomic E-state index is -0.391. The van der Waals surface area contributed by atoms with Crippen LogP contribution in [0.1, 0.15) is 16.9 Å². The summed E-state index contributed by atoms with van der Waals surface area (Å²) >= 11 is 1.59. The average molecular weight is 328 g/mol. The molecule has 1 amide bonds. The van der Waals surface area contributed by atoms with E-state index in [1.807, 2.05) is 17.5 Å². The number of nitrogens with one attached hydrogen (secondary N) is 1. The van der Waals surface area contributed by atoms with Gasteiger partial charge in [0.05, 0.1) is 18.9 Å². The van der Waals surface area contributed by atoms with Gasteiger partial charge in [0.25, 0.3) is 5.91 Å². The van der Waals surface area contributed by atoms with Crippen molar-refractivity contribution < 1.29 is 14.3 Å². The summed E-state index contributed by atoms with van der Waals surface area (Å²) in [5.74, 6) is -0.777. The number of carbonyl (C=O) groups is 2. The van der Waals surface area contributed by atoms with Crippen LogP contribution < -0.4 is 5.32 Å². The maximum atomic E-state index is 11.7. The lowest BCUT2D eigenvalue weighted by Crippen LogP contribution is -2.21. The summed E-state index contributed by atoms with van der Waals surface area (Å²) in [6.45, 7) is -0.302. The molecule has 0 radical (unpaired) electrons. The van der Waals surface area contributed by atoms with Crippen molar-refractivity contribution in [3.05, 3.63) is 52.2 Å². The molecule has 0 aliphatic rings. The predicted molar refractivity (Wildman–Crippen MR) is 88.0 cm³/mol. The van der Waals surface area contributed by atoms with Gasteiger partial charge in [-0.15, -0.1) is 11.3 Å². The van der Waals surface area contributed by atoms with E-state index in [4.69, 9.17) is 10.00 Å². The zero-order valence-corrected chi connectivity index (χ0v) is 13.3. The summed E-state index contributed by atoms with van der Waals surface area (Å²) < 4.78 is 4.95. The van der Waals surface area contributed by atoms with Gasteiger partial charge in [-0.2, -0.15) is 5.26 Å². The molecule has 0 spiro atoms. The summed E-state index contributed by atoms with van der Waals surface area (Å²) in [7, 11) is 0. The van der Waals surface area contributed by atoms with Crippen molar-refractivity contribution >= 4 is 28.9 Å². The van der Waals surface area contributed by atoms with E-state index in [0.717, 1.165) is 10.4 Å². The molecule has 0 saturated carbocycles.